The molecule has 0 aliphatic heterocycles. The second-order valence-corrected chi connectivity index (χ2v) is 7.42. The van der Waals surface area contributed by atoms with Gasteiger partial charge in [0.1, 0.15) is 17.3 Å². The second kappa shape index (κ2) is 5.57. The highest BCUT2D eigenvalue weighted by atomic mass is 32.2. The van der Waals surface area contributed by atoms with Crippen molar-refractivity contribution in [2.75, 3.05) is 12.9 Å². The van der Waals surface area contributed by atoms with Crippen LogP contribution >= 0.6 is 0 Å². The first-order valence-corrected chi connectivity index (χ1v) is 8.25. The van der Waals surface area contributed by atoms with Crippen molar-refractivity contribution in [1.82, 2.24) is 0 Å². The number of nitrogens with two attached hydrogens (primary N) is 1. The Bertz CT molecular complexity index is 586. The summed E-state index contributed by atoms with van der Waals surface area (Å²) < 4.78 is 34.3. The second-order valence-electron chi connectivity index (χ2n) is 5.36. The summed E-state index contributed by atoms with van der Waals surface area (Å²) in [5.41, 5.74) is 4.98. The number of carbonyl (C=O) groups excluding carboxylic acids is 1. The van der Waals surface area contributed by atoms with Crippen LogP contribution in [-0.2, 0) is 31.7 Å². The number of sulfone groups is 1. The lowest BCUT2D eigenvalue weighted by Crippen LogP contribution is -2.22. The Morgan fingerprint density at radius 1 is 1.40 bits per heavy atom. The number of hydrogen-bond acceptors (Lipinski definition) is 6. The highest BCUT2D eigenvalue weighted by molar-refractivity contribution is 7.90. The molecule has 2 rings (SSSR count). The van der Waals surface area contributed by atoms with Crippen molar-refractivity contribution in [1.29, 1.82) is 0 Å². The van der Waals surface area contributed by atoms with Gasteiger partial charge in [0.25, 0.3) is 0 Å². The molecule has 1 aromatic rings. The highest BCUT2D eigenvalue weighted by Crippen LogP contribution is 2.50. The Morgan fingerprint density at radius 2 is 2.05 bits per heavy atom. The molecule has 1 aliphatic carbocycles. The van der Waals surface area contributed by atoms with E-state index >= 15 is 0 Å². The van der Waals surface area contributed by atoms with Gasteiger partial charge in [0.05, 0.1) is 25.8 Å². The fourth-order valence-electron chi connectivity index (χ4n) is 2.27. The van der Waals surface area contributed by atoms with Gasteiger partial charge in [-0.15, -0.1) is 0 Å². The molecule has 1 heterocycles. The monoisotopic (exact) mass is 301 g/mol. The van der Waals surface area contributed by atoms with Crippen LogP contribution in [0.1, 0.15) is 30.8 Å². The molecule has 1 aromatic heterocycles. The number of esters is 1. The van der Waals surface area contributed by atoms with Crippen LogP contribution in [0.4, 0.5) is 0 Å². The summed E-state index contributed by atoms with van der Waals surface area (Å²) in [6.45, 7) is 0.242. The summed E-state index contributed by atoms with van der Waals surface area (Å²) in [6.07, 6.45) is 1.65. The van der Waals surface area contributed by atoms with Crippen molar-refractivity contribution in [3.8, 4) is 0 Å². The number of furan rings is 1. The van der Waals surface area contributed by atoms with Crippen LogP contribution in [0, 0.1) is 5.41 Å². The molecule has 0 saturated heterocycles. The van der Waals surface area contributed by atoms with Crippen LogP contribution in [-0.4, -0.2) is 27.2 Å². The van der Waals surface area contributed by atoms with Crippen molar-refractivity contribution in [2.24, 2.45) is 11.1 Å². The molecule has 1 fully saturated rings. The standard InChI is InChI=1S/C13H19NO5S/c1-18-12(15)6-13(4-5-13)9-20(16,17)8-11-3-2-10(7-14)19-11/h2-3H,4-9,14H2,1H3. The van der Waals surface area contributed by atoms with E-state index in [0.29, 0.717) is 11.5 Å². The van der Waals surface area contributed by atoms with Gasteiger partial charge in [-0.05, 0) is 30.4 Å². The lowest BCUT2D eigenvalue weighted by molar-refractivity contribution is -0.141. The summed E-state index contributed by atoms with van der Waals surface area (Å²) in [5.74, 6) is 0.426. The molecule has 112 valence electrons. The third-order valence-electron chi connectivity index (χ3n) is 3.51. The number of carbonyl (C=O) groups is 1. The maximum atomic E-state index is 12.2. The lowest BCUT2D eigenvalue weighted by Gasteiger charge is -2.13. The van der Waals surface area contributed by atoms with Crippen LogP contribution in [0.15, 0.2) is 16.5 Å². The van der Waals surface area contributed by atoms with Crippen LogP contribution in [0.5, 0.6) is 0 Å². The van der Waals surface area contributed by atoms with Crippen LogP contribution in [0.3, 0.4) is 0 Å². The molecule has 0 spiro atoms. The molecule has 0 aromatic carbocycles. The number of rotatable bonds is 7. The van der Waals surface area contributed by atoms with E-state index in [-0.39, 0.29) is 30.4 Å². The molecule has 0 unspecified atom stereocenters. The first kappa shape index (κ1) is 15.1. The Balaban J connectivity index is 1.99. The average molecular weight is 301 g/mol. The van der Waals surface area contributed by atoms with E-state index in [9.17, 15) is 13.2 Å². The third-order valence-corrected chi connectivity index (χ3v) is 5.29. The van der Waals surface area contributed by atoms with Crippen LogP contribution < -0.4 is 5.73 Å². The molecule has 0 radical (unpaired) electrons. The smallest absolute Gasteiger partial charge is 0.306 e. The van der Waals surface area contributed by atoms with Gasteiger partial charge in [0.2, 0.25) is 0 Å². The summed E-state index contributed by atoms with van der Waals surface area (Å²) >= 11 is 0. The highest BCUT2D eigenvalue weighted by Gasteiger charge is 2.47. The molecule has 0 amide bonds. The molecular weight excluding hydrogens is 282 g/mol. The van der Waals surface area contributed by atoms with Gasteiger partial charge in [-0.3, -0.25) is 4.79 Å². The van der Waals surface area contributed by atoms with Gasteiger partial charge in [0, 0.05) is 0 Å². The first-order valence-electron chi connectivity index (χ1n) is 6.43. The van der Waals surface area contributed by atoms with Gasteiger partial charge < -0.3 is 14.9 Å². The van der Waals surface area contributed by atoms with E-state index < -0.39 is 15.3 Å². The normalized spacial score (nSPS) is 16.9. The minimum Gasteiger partial charge on any atom is -0.469 e. The van der Waals surface area contributed by atoms with Crippen LogP contribution in [0.25, 0.3) is 0 Å². The molecular formula is C13H19NO5S. The third kappa shape index (κ3) is 3.83. The van der Waals surface area contributed by atoms with Crippen LogP contribution in [0.2, 0.25) is 0 Å². The maximum Gasteiger partial charge on any atom is 0.306 e. The van der Waals surface area contributed by atoms with E-state index in [2.05, 4.69) is 4.74 Å². The fourth-order valence-corrected chi connectivity index (χ4v) is 4.29. The van der Waals surface area contributed by atoms with E-state index in [0.717, 1.165) is 12.8 Å². The number of hydrogen-bond donors (Lipinski definition) is 1. The van der Waals surface area contributed by atoms with Gasteiger partial charge in [-0.2, -0.15) is 0 Å². The van der Waals surface area contributed by atoms with E-state index in [1.54, 1.807) is 12.1 Å². The summed E-state index contributed by atoms with van der Waals surface area (Å²) in [7, 11) is -2.01. The topological polar surface area (TPSA) is 99.6 Å². The minimum atomic E-state index is -3.32. The first-order chi connectivity index (χ1) is 9.38. The molecule has 0 atom stereocenters. The predicted octanol–water partition coefficient (Wildman–Crippen LogP) is 0.996. The Kier molecular flexibility index (Phi) is 4.19. The number of methoxy groups -OCH3 is 1. The van der Waals surface area contributed by atoms with E-state index in [1.165, 1.54) is 7.11 Å². The van der Waals surface area contributed by atoms with Crippen molar-refractivity contribution >= 4 is 15.8 Å². The zero-order valence-electron chi connectivity index (χ0n) is 11.4. The maximum absolute atomic E-state index is 12.2. The summed E-state index contributed by atoms with van der Waals surface area (Å²) in [5, 5.41) is 0. The largest absolute Gasteiger partial charge is 0.469 e. The van der Waals surface area contributed by atoms with Crippen molar-refractivity contribution < 1.29 is 22.4 Å². The SMILES string of the molecule is COC(=O)CC1(CS(=O)(=O)Cc2ccc(CN)o2)CC1. The molecule has 2 N–H and O–H groups in total. The lowest BCUT2D eigenvalue weighted by atomic mass is 10.1. The van der Waals surface area contributed by atoms with Crippen molar-refractivity contribution in [3.63, 3.8) is 0 Å². The van der Waals surface area contributed by atoms with E-state index in [1.807, 2.05) is 0 Å². The summed E-state index contributed by atoms with van der Waals surface area (Å²) in [4.78, 5) is 11.3. The Hall–Kier alpha value is -1.34. The predicted molar refractivity (Wildman–Crippen MR) is 72.4 cm³/mol. The van der Waals surface area contributed by atoms with Gasteiger partial charge in [-0.25, -0.2) is 8.42 Å². The van der Waals surface area contributed by atoms with E-state index in [4.69, 9.17) is 10.2 Å². The van der Waals surface area contributed by atoms with Crippen molar-refractivity contribution in [3.05, 3.63) is 23.7 Å². The molecule has 20 heavy (non-hydrogen) atoms. The molecule has 1 aliphatic rings. The zero-order chi connectivity index (χ0) is 14.8. The fraction of sp³-hybridized carbons (Fsp3) is 0.615. The van der Waals surface area contributed by atoms with Gasteiger partial charge in [-0.1, -0.05) is 0 Å². The molecule has 6 nitrogen and oxygen atoms in total. The zero-order valence-corrected chi connectivity index (χ0v) is 12.2. The Labute approximate surface area is 118 Å². The van der Waals surface area contributed by atoms with Gasteiger partial charge >= 0.3 is 5.97 Å². The Morgan fingerprint density at radius 3 is 2.55 bits per heavy atom. The quantitative estimate of drug-likeness (QED) is 0.754. The molecule has 1 saturated carbocycles. The summed E-state index contributed by atoms with van der Waals surface area (Å²) in [6, 6.07) is 3.30. The van der Waals surface area contributed by atoms with Gasteiger partial charge in [0.15, 0.2) is 9.84 Å². The van der Waals surface area contributed by atoms with Crippen molar-refractivity contribution in [2.45, 2.75) is 31.6 Å². The molecule has 7 heteroatoms. The average Bonchev–Trinajstić information content (AvgIpc) is 2.95. The molecule has 0 bridgehead atoms. The number of ether oxygens (including phenoxy) is 1. The minimum absolute atomic E-state index is 0.00619.